The summed E-state index contributed by atoms with van der Waals surface area (Å²) in [5, 5.41) is 3.47. The lowest BCUT2D eigenvalue weighted by Crippen LogP contribution is -2.05. The zero-order chi connectivity index (χ0) is 11.4. The van der Waals surface area contributed by atoms with Crippen LogP contribution in [-0.4, -0.2) is 13.2 Å². The van der Waals surface area contributed by atoms with Gasteiger partial charge in [-0.15, -0.1) is 0 Å². The Hall–Kier alpha value is -1.18. The van der Waals surface area contributed by atoms with Gasteiger partial charge in [0.25, 0.3) is 0 Å². The van der Waals surface area contributed by atoms with Crippen molar-refractivity contribution in [3.63, 3.8) is 0 Å². The highest BCUT2D eigenvalue weighted by atomic mass is 16.5. The van der Waals surface area contributed by atoms with Crippen LogP contribution in [0.2, 0.25) is 0 Å². The van der Waals surface area contributed by atoms with Gasteiger partial charge in [0.15, 0.2) is 0 Å². The standard InChI is InChI=1S/C14H21NO/c1-11(2)10-16-13-7-6-12-5-3-4-8-15-14(12)9-13/h6-7,9,11,15H,3-5,8,10H2,1-2H3. The fourth-order valence-corrected chi connectivity index (χ4v) is 1.95. The molecule has 88 valence electrons. The van der Waals surface area contributed by atoms with Gasteiger partial charge in [0.05, 0.1) is 6.61 Å². The van der Waals surface area contributed by atoms with Crippen molar-refractivity contribution < 1.29 is 4.74 Å². The number of nitrogens with one attached hydrogen (secondary N) is 1. The average Bonchev–Trinajstić information content (AvgIpc) is 2.50. The molecule has 1 aliphatic rings. The van der Waals surface area contributed by atoms with Crippen LogP contribution in [0.1, 0.15) is 32.3 Å². The van der Waals surface area contributed by atoms with Gasteiger partial charge in [-0.25, -0.2) is 0 Å². The molecule has 0 spiro atoms. The number of ether oxygens (including phenoxy) is 1. The molecule has 1 aromatic carbocycles. The van der Waals surface area contributed by atoms with Crippen molar-refractivity contribution in [2.75, 3.05) is 18.5 Å². The molecule has 0 saturated carbocycles. The molecule has 1 N–H and O–H groups in total. The van der Waals surface area contributed by atoms with E-state index in [0.29, 0.717) is 5.92 Å². The molecule has 1 aromatic rings. The maximum absolute atomic E-state index is 5.73. The number of hydrogen-bond acceptors (Lipinski definition) is 2. The Morgan fingerprint density at radius 2 is 2.19 bits per heavy atom. The maximum atomic E-state index is 5.73. The molecule has 0 fully saturated rings. The molecule has 0 radical (unpaired) electrons. The molecule has 0 aliphatic carbocycles. The first-order valence-corrected chi connectivity index (χ1v) is 6.25. The van der Waals surface area contributed by atoms with Gasteiger partial charge >= 0.3 is 0 Å². The van der Waals surface area contributed by atoms with Crippen molar-refractivity contribution >= 4 is 5.69 Å². The first-order valence-electron chi connectivity index (χ1n) is 6.25. The Balaban J connectivity index is 2.08. The molecule has 1 aliphatic heterocycles. The summed E-state index contributed by atoms with van der Waals surface area (Å²) in [7, 11) is 0. The fraction of sp³-hybridized carbons (Fsp3) is 0.571. The normalized spacial score (nSPS) is 15.2. The summed E-state index contributed by atoms with van der Waals surface area (Å²) < 4.78 is 5.73. The van der Waals surface area contributed by atoms with Gasteiger partial charge in [0.2, 0.25) is 0 Å². The van der Waals surface area contributed by atoms with Crippen LogP contribution in [0.5, 0.6) is 5.75 Å². The van der Waals surface area contributed by atoms with Crippen molar-refractivity contribution in [2.24, 2.45) is 5.92 Å². The van der Waals surface area contributed by atoms with E-state index in [2.05, 4.69) is 37.4 Å². The van der Waals surface area contributed by atoms with Crippen LogP contribution >= 0.6 is 0 Å². The molecule has 2 heteroatoms. The highest BCUT2D eigenvalue weighted by Crippen LogP contribution is 2.26. The van der Waals surface area contributed by atoms with Crippen LogP contribution in [0.4, 0.5) is 5.69 Å². The largest absolute Gasteiger partial charge is 0.493 e. The van der Waals surface area contributed by atoms with Crippen LogP contribution in [-0.2, 0) is 6.42 Å². The third-order valence-electron chi connectivity index (χ3n) is 2.85. The topological polar surface area (TPSA) is 21.3 Å². The summed E-state index contributed by atoms with van der Waals surface area (Å²) >= 11 is 0. The number of aryl methyl sites for hydroxylation is 1. The zero-order valence-electron chi connectivity index (χ0n) is 10.3. The number of fused-ring (bicyclic) bond motifs is 1. The second-order valence-electron chi connectivity index (χ2n) is 4.91. The molecule has 1 heterocycles. The lowest BCUT2D eigenvalue weighted by atomic mass is 10.1. The van der Waals surface area contributed by atoms with Crippen LogP contribution in [0.25, 0.3) is 0 Å². The Morgan fingerprint density at radius 1 is 1.31 bits per heavy atom. The van der Waals surface area contributed by atoms with E-state index in [-0.39, 0.29) is 0 Å². The number of anilines is 1. The summed E-state index contributed by atoms with van der Waals surface area (Å²) in [5.74, 6) is 1.56. The molecule has 0 unspecified atom stereocenters. The quantitative estimate of drug-likeness (QED) is 0.840. The molecule has 0 amide bonds. The Labute approximate surface area is 98.0 Å². The summed E-state index contributed by atoms with van der Waals surface area (Å²) in [6.45, 7) is 6.21. The first kappa shape index (κ1) is 11.3. The van der Waals surface area contributed by atoms with Crippen LogP contribution < -0.4 is 10.1 Å². The minimum atomic E-state index is 0.576. The highest BCUT2D eigenvalue weighted by Gasteiger charge is 2.08. The van der Waals surface area contributed by atoms with Gasteiger partial charge in [-0.2, -0.15) is 0 Å². The fourth-order valence-electron chi connectivity index (χ4n) is 1.95. The summed E-state index contributed by atoms with van der Waals surface area (Å²) in [6, 6.07) is 6.43. The second kappa shape index (κ2) is 5.24. The predicted molar refractivity (Wildman–Crippen MR) is 68.2 cm³/mol. The molecule has 0 bridgehead atoms. The molecule has 2 nitrogen and oxygen atoms in total. The molecule has 0 saturated heterocycles. The minimum absolute atomic E-state index is 0.576. The third-order valence-corrected chi connectivity index (χ3v) is 2.85. The van der Waals surface area contributed by atoms with Crippen molar-refractivity contribution in [3.05, 3.63) is 23.8 Å². The van der Waals surface area contributed by atoms with E-state index in [9.17, 15) is 0 Å². The summed E-state index contributed by atoms with van der Waals surface area (Å²) in [6.07, 6.45) is 3.73. The first-order chi connectivity index (χ1) is 7.75. The van der Waals surface area contributed by atoms with E-state index in [1.165, 1.54) is 30.5 Å². The van der Waals surface area contributed by atoms with Gasteiger partial charge in [-0.1, -0.05) is 19.9 Å². The molecule has 0 aromatic heterocycles. The van der Waals surface area contributed by atoms with Crippen molar-refractivity contribution in [1.29, 1.82) is 0 Å². The van der Waals surface area contributed by atoms with Crippen molar-refractivity contribution in [1.82, 2.24) is 0 Å². The van der Waals surface area contributed by atoms with E-state index < -0.39 is 0 Å². The number of benzene rings is 1. The van der Waals surface area contributed by atoms with Crippen molar-refractivity contribution in [3.8, 4) is 5.75 Å². The van der Waals surface area contributed by atoms with E-state index >= 15 is 0 Å². The SMILES string of the molecule is CC(C)COc1ccc2c(c1)NCCCC2. The lowest BCUT2D eigenvalue weighted by Gasteiger charge is -2.12. The zero-order valence-corrected chi connectivity index (χ0v) is 10.3. The monoisotopic (exact) mass is 219 g/mol. The molecule has 2 rings (SSSR count). The van der Waals surface area contributed by atoms with Crippen molar-refractivity contribution in [2.45, 2.75) is 33.1 Å². The Morgan fingerprint density at radius 3 is 3.00 bits per heavy atom. The maximum Gasteiger partial charge on any atom is 0.121 e. The van der Waals surface area contributed by atoms with E-state index in [1.807, 2.05) is 0 Å². The highest BCUT2D eigenvalue weighted by molar-refractivity contribution is 5.55. The summed E-state index contributed by atoms with van der Waals surface area (Å²) in [4.78, 5) is 0. The molecular weight excluding hydrogens is 198 g/mol. The number of hydrogen-bond donors (Lipinski definition) is 1. The Bertz CT molecular complexity index is 347. The minimum Gasteiger partial charge on any atom is -0.493 e. The Kier molecular flexibility index (Phi) is 3.70. The van der Waals surface area contributed by atoms with Gasteiger partial charge in [0.1, 0.15) is 5.75 Å². The lowest BCUT2D eigenvalue weighted by molar-refractivity contribution is 0.271. The van der Waals surface area contributed by atoms with Gasteiger partial charge in [0, 0.05) is 18.3 Å². The average molecular weight is 219 g/mol. The molecule has 0 atom stereocenters. The van der Waals surface area contributed by atoms with Gasteiger partial charge in [-0.3, -0.25) is 0 Å². The van der Waals surface area contributed by atoms with Crippen LogP contribution in [0.15, 0.2) is 18.2 Å². The predicted octanol–water partition coefficient (Wildman–Crippen LogP) is 3.47. The van der Waals surface area contributed by atoms with E-state index in [4.69, 9.17) is 4.74 Å². The molecular formula is C14H21NO. The summed E-state index contributed by atoms with van der Waals surface area (Å²) in [5.41, 5.74) is 2.69. The van der Waals surface area contributed by atoms with Crippen LogP contribution in [0, 0.1) is 5.92 Å². The van der Waals surface area contributed by atoms with E-state index in [1.54, 1.807) is 0 Å². The van der Waals surface area contributed by atoms with Gasteiger partial charge < -0.3 is 10.1 Å². The molecule has 16 heavy (non-hydrogen) atoms. The van der Waals surface area contributed by atoms with Gasteiger partial charge in [-0.05, 0) is 36.8 Å². The van der Waals surface area contributed by atoms with Crippen LogP contribution in [0.3, 0.4) is 0 Å². The smallest absolute Gasteiger partial charge is 0.121 e. The number of rotatable bonds is 3. The van der Waals surface area contributed by atoms with E-state index in [0.717, 1.165) is 18.9 Å². The second-order valence-corrected chi connectivity index (χ2v) is 4.91. The third kappa shape index (κ3) is 2.91.